The van der Waals surface area contributed by atoms with E-state index in [0.717, 1.165) is 5.56 Å². The van der Waals surface area contributed by atoms with Gasteiger partial charge in [0, 0.05) is 17.3 Å². The number of thiazole rings is 1. The molecule has 0 saturated heterocycles. The van der Waals surface area contributed by atoms with E-state index in [4.69, 9.17) is 0 Å². The van der Waals surface area contributed by atoms with Gasteiger partial charge in [0.25, 0.3) is 0 Å². The van der Waals surface area contributed by atoms with E-state index in [1.54, 1.807) is 30.6 Å². The molecule has 1 aromatic carbocycles. The third kappa shape index (κ3) is 4.81. The van der Waals surface area contributed by atoms with E-state index in [2.05, 4.69) is 15.0 Å². The zero-order valence-corrected chi connectivity index (χ0v) is 13.9. The van der Waals surface area contributed by atoms with Crippen LogP contribution in [0.2, 0.25) is 0 Å². The van der Waals surface area contributed by atoms with Crippen molar-refractivity contribution >= 4 is 38.1 Å². The molecular weight excluding hydrogens is 322 g/mol. The lowest BCUT2D eigenvalue weighted by atomic mass is 10.2. The van der Waals surface area contributed by atoms with E-state index in [1.807, 2.05) is 19.1 Å². The van der Waals surface area contributed by atoms with Crippen LogP contribution < -0.4 is 10.0 Å². The van der Waals surface area contributed by atoms with Crippen LogP contribution in [0.4, 0.5) is 10.8 Å². The number of amides is 1. The van der Waals surface area contributed by atoms with Crippen LogP contribution >= 0.6 is 11.3 Å². The molecule has 1 amide bonds. The Morgan fingerprint density at radius 1 is 1.32 bits per heavy atom. The Morgan fingerprint density at radius 2 is 2.00 bits per heavy atom. The normalized spacial score (nSPS) is 12.6. The first-order valence-electron chi connectivity index (χ1n) is 6.63. The Bertz CT molecular complexity index is 725. The van der Waals surface area contributed by atoms with E-state index in [9.17, 15) is 13.2 Å². The molecule has 0 aliphatic rings. The number of aromatic nitrogens is 1. The summed E-state index contributed by atoms with van der Waals surface area (Å²) >= 11 is 1.28. The third-order valence-corrected chi connectivity index (χ3v) is 5.08. The molecule has 1 heterocycles. The summed E-state index contributed by atoms with van der Waals surface area (Å²) in [5, 5.41) is 4.78. The number of aryl methyl sites for hydroxylation is 1. The Morgan fingerprint density at radius 3 is 2.59 bits per heavy atom. The number of sulfonamides is 1. The second-order valence-electron chi connectivity index (χ2n) is 4.98. The summed E-state index contributed by atoms with van der Waals surface area (Å²) in [6.45, 7) is 3.49. The Balaban J connectivity index is 1.95. The number of nitrogens with one attached hydrogen (secondary N) is 2. The minimum absolute atomic E-state index is 0.294. The highest BCUT2D eigenvalue weighted by Gasteiger charge is 2.22. The molecule has 2 aromatic rings. The first-order chi connectivity index (χ1) is 10.4. The quantitative estimate of drug-likeness (QED) is 0.846. The molecule has 0 aliphatic heterocycles. The van der Waals surface area contributed by atoms with E-state index < -0.39 is 15.9 Å². The molecule has 2 rings (SSSR count). The van der Waals surface area contributed by atoms with Crippen molar-refractivity contribution in [3.8, 4) is 0 Å². The highest BCUT2D eigenvalue weighted by atomic mass is 32.2. The maximum Gasteiger partial charge on any atom is 0.233 e. The number of benzene rings is 1. The van der Waals surface area contributed by atoms with Crippen molar-refractivity contribution in [1.29, 1.82) is 0 Å². The van der Waals surface area contributed by atoms with Crippen molar-refractivity contribution in [3.05, 3.63) is 41.4 Å². The predicted molar refractivity (Wildman–Crippen MR) is 88.5 cm³/mol. The lowest BCUT2D eigenvalue weighted by Crippen LogP contribution is -2.29. The largest absolute Gasteiger partial charge is 0.302 e. The molecule has 0 radical (unpaired) electrons. The lowest BCUT2D eigenvalue weighted by Gasteiger charge is -2.13. The number of rotatable bonds is 6. The summed E-state index contributed by atoms with van der Waals surface area (Å²) in [6.07, 6.45) is 1.57. The first-order valence-corrected chi connectivity index (χ1v) is 9.16. The average Bonchev–Trinajstić information content (AvgIpc) is 2.93. The number of hydrogen-bond donors (Lipinski definition) is 2. The van der Waals surface area contributed by atoms with Gasteiger partial charge in [-0.3, -0.25) is 9.52 Å². The van der Waals surface area contributed by atoms with Gasteiger partial charge in [0.2, 0.25) is 15.9 Å². The van der Waals surface area contributed by atoms with Gasteiger partial charge >= 0.3 is 0 Å². The maximum atomic E-state index is 12.1. The van der Waals surface area contributed by atoms with Crippen molar-refractivity contribution in [2.24, 2.45) is 5.92 Å². The molecule has 118 valence electrons. The molecular formula is C14H17N3O3S2. The highest BCUT2D eigenvalue weighted by Crippen LogP contribution is 2.15. The number of hydrogen-bond acceptors (Lipinski definition) is 5. The summed E-state index contributed by atoms with van der Waals surface area (Å²) in [4.78, 5) is 15.9. The summed E-state index contributed by atoms with van der Waals surface area (Å²) < 4.78 is 26.7. The number of anilines is 2. The fourth-order valence-electron chi connectivity index (χ4n) is 1.76. The molecule has 0 aliphatic carbocycles. The molecule has 0 fully saturated rings. The molecule has 8 heteroatoms. The molecule has 1 unspecified atom stereocenters. The van der Waals surface area contributed by atoms with Crippen LogP contribution in [0, 0.1) is 12.8 Å². The molecule has 2 N–H and O–H groups in total. The Hall–Kier alpha value is -1.93. The van der Waals surface area contributed by atoms with Crippen molar-refractivity contribution < 1.29 is 13.2 Å². The van der Waals surface area contributed by atoms with Gasteiger partial charge in [0.15, 0.2) is 5.13 Å². The minimum Gasteiger partial charge on any atom is -0.302 e. The fraction of sp³-hybridized carbons (Fsp3) is 0.286. The molecule has 6 nitrogen and oxygen atoms in total. The average molecular weight is 339 g/mol. The van der Waals surface area contributed by atoms with Gasteiger partial charge in [-0.15, -0.1) is 11.3 Å². The van der Waals surface area contributed by atoms with Crippen molar-refractivity contribution in [3.63, 3.8) is 0 Å². The van der Waals surface area contributed by atoms with E-state index in [0.29, 0.717) is 10.8 Å². The zero-order valence-electron chi connectivity index (χ0n) is 12.2. The van der Waals surface area contributed by atoms with Crippen LogP contribution in [0.5, 0.6) is 0 Å². The van der Waals surface area contributed by atoms with E-state index in [-0.39, 0.29) is 11.7 Å². The molecule has 0 saturated carbocycles. The first kappa shape index (κ1) is 16.4. The van der Waals surface area contributed by atoms with Crippen molar-refractivity contribution in [1.82, 2.24) is 4.98 Å². The van der Waals surface area contributed by atoms with Gasteiger partial charge < -0.3 is 5.32 Å². The van der Waals surface area contributed by atoms with Crippen LogP contribution in [0.25, 0.3) is 0 Å². The van der Waals surface area contributed by atoms with Crippen LogP contribution in [-0.2, 0) is 14.8 Å². The van der Waals surface area contributed by atoms with Gasteiger partial charge in [-0.25, -0.2) is 13.4 Å². The zero-order chi connectivity index (χ0) is 16.2. The fourth-order valence-corrected chi connectivity index (χ4v) is 3.68. The van der Waals surface area contributed by atoms with Crippen LogP contribution in [-0.4, -0.2) is 25.1 Å². The van der Waals surface area contributed by atoms with Gasteiger partial charge in [-0.2, -0.15) is 0 Å². The number of carbonyl (C=O) groups is 1. The monoisotopic (exact) mass is 339 g/mol. The number of nitrogens with zero attached hydrogens (tertiary/aromatic N) is 1. The van der Waals surface area contributed by atoms with Crippen LogP contribution in [0.3, 0.4) is 0 Å². The number of carbonyl (C=O) groups excluding carboxylic acids is 1. The topological polar surface area (TPSA) is 88.2 Å². The van der Waals surface area contributed by atoms with E-state index >= 15 is 0 Å². The Labute approximate surface area is 133 Å². The minimum atomic E-state index is -3.60. The molecule has 1 aromatic heterocycles. The third-order valence-electron chi connectivity index (χ3n) is 2.90. The maximum absolute atomic E-state index is 12.1. The Kier molecular flexibility index (Phi) is 5.15. The summed E-state index contributed by atoms with van der Waals surface area (Å²) in [5.74, 6) is -1.35. The second-order valence-corrected chi connectivity index (χ2v) is 7.64. The smallest absolute Gasteiger partial charge is 0.233 e. The lowest BCUT2D eigenvalue weighted by molar-refractivity contribution is -0.118. The standard InChI is InChI=1S/C14H17N3O3S2/c1-10-3-5-12(6-4-10)17-22(19,20)9-11(2)13(18)16-14-15-7-8-21-14/h3-8,11,17H,9H2,1-2H3,(H,15,16,18). The van der Waals surface area contributed by atoms with Gasteiger partial charge in [0.05, 0.1) is 11.7 Å². The van der Waals surface area contributed by atoms with Crippen LogP contribution in [0.15, 0.2) is 35.8 Å². The molecule has 1 atom stereocenters. The predicted octanol–water partition coefficient (Wildman–Crippen LogP) is 2.47. The van der Waals surface area contributed by atoms with E-state index in [1.165, 1.54) is 11.3 Å². The van der Waals surface area contributed by atoms with Crippen molar-refractivity contribution in [2.45, 2.75) is 13.8 Å². The SMILES string of the molecule is Cc1ccc(NS(=O)(=O)CC(C)C(=O)Nc2nccs2)cc1. The van der Waals surface area contributed by atoms with Gasteiger partial charge in [-0.1, -0.05) is 24.6 Å². The van der Waals surface area contributed by atoms with Gasteiger partial charge in [-0.05, 0) is 19.1 Å². The highest BCUT2D eigenvalue weighted by molar-refractivity contribution is 7.92. The van der Waals surface area contributed by atoms with Crippen LogP contribution in [0.1, 0.15) is 12.5 Å². The molecule has 0 bridgehead atoms. The van der Waals surface area contributed by atoms with Gasteiger partial charge in [0.1, 0.15) is 0 Å². The summed E-state index contributed by atoms with van der Waals surface area (Å²) in [7, 11) is -3.60. The molecule has 0 spiro atoms. The summed E-state index contributed by atoms with van der Waals surface area (Å²) in [5.41, 5.74) is 1.53. The molecule has 22 heavy (non-hydrogen) atoms. The summed E-state index contributed by atoms with van der Waals surface area (Å²) in [6, 6.07) is 7.01. The second kappa shape index (κ2) is 6.89. The van der Waals surface area contributed by atoms with Crippen molar-refractivity contribution in [2.75, 3.05) is 15.8 Å².